The molecule has 2 aromatic rings. The number of hydrogen-bond donors (Lipinski definition) is 1. The quantitative estimate of drug-likeness (QED) is 0.218. The van der Waals surface area contributed by atoms with Crippen molar-refractivity contribution in [2.75, 3.05) is 48.1 Å². The Bertz CT molecular complexity index is 1310. The van der Waals surface area contributed by atoms with Crippen LogP contribution >= 0.6 is 0 Å². The highest BCUT2D eigenvalue weighted by Crippen LogP contribution is 2.35. The smallest absolute Gasteiger partial charge is 0.163 e. The molecule has 7 heteroatoms. The molecule has 7 nitrogen and oxygen atoms in total. The maximum atomic E-state index is 11.0. The first-order valence-electron chi connectivity index (χ1n) is 17.3. The summed E-state index contributed by atoms with van der Waals surface area (Å²) >= 11 is 0. The number of benzene rings is 2. The second-order valence-corrected chi connectivity index (χ2v) is 11.9. The molecule has 2 aromatic carbocycles. The van der Waals surface area contributed by atoms with Crippen LogP contribution in [0.15, 0.2) is 54.3 Å². The molecule has 2 aliphatic heterocycles. The maximum absolute atomic E-state index is 11.0. The Morgan fingerprint density at radius 1 is 0.915 bits per heavy atom. The second kappa shape index (κ2) is 21.2. The number of nitrogens with one attached hydrogen (secondary N) is 1. The van der Waals surface area contributed by atoms with Gasteiger partial charge < -0.3 is 24.3 Å². The number of aryl methyl sites for hydroxylation is 1. The van der Waals surface area contributed by atoms with Gasteiger partial charge in [-0.2, -0.15) is 0 Å². The third-order valence-corrected chi connectivity index (χ3v) is 8.51. The Balaban J connectivity index is 0.000000335. The summed E-state index contributed by atoms with van der Waals surface area (Å²) in [5, 5.41) is 3.46. The van der Waals surface area contributed by atoms with Crippen LogP contribution in [0.4, 0.5) is 0 Å². The van der Waals surface area contributed by atoms with Gasteiger partial charge in [0.25, 0.3) is 0 Å². The van der Waals surface area contributed by atoms with Crippen LogP contribution in [-0.4, -0.2) is 58.8 Å². The van der Waals surface area contributed by atoms with Crippen molar-refractivity contribution in [1.29, 1.82) is 0 Å². The van der Waals surface area contributed by atoms with Crippen molar-refractivity contribution in [1.82, 2.24) is 10.2 Å². The van der Waals surface area contributed by atoms with Gasteiger partial charge in [-0.1, -0.05) is 59.1 Å². The van der Waals surface area contributed by atoms with Gasteiger partial charge in [0, 0.05) is 12.1 Å². The second-order valence-electron chi connectivity index (χ2n) is 11.9. The van der Waals surface area contributed by atoms with Crippen molar-refractivity contribution in [3.8, 4) is 23.0 Å². The van der Waals surface area contributed by atoms with Gasteiger partial charge in [-0.05, 0) is 117 Å². The van der Waals surface area contributed by atoms with Gasteiger partial charge in [0.1, 0.15) is 11.5 Å². The molecule has 0 radical (unpaired) electrons. The van der Waals surface area contributed by atoms with E-state index in [1.807, 2.05) is 32.9 Å². The predicted octanol–water partition coefficient (Wildman–Crippen LogP) is 8.89. The molecule has 0 saturated carbocycles. The van der Waals surface area contributed by atoms with E-state index >= 15 is 0 Å². The summed E-state index contributed by atoms with van der Waals surface area (Å²) in [6.45, 7) is 15.5. The molecular formula is C40H60N2O5. The Morgan fingerprint density at radius 3 is 2.09 bits per heavy atom. The largest absolute Gasteiger partial charge is 0.496 e. The molecule has 0 spiro atoms. The number of piperidine rings is 1. The minimum absolute atomic E-state index is 0.0295. The van der Waals surface area contributed by atoms with Crippen LogP contribution in [0.25, 0.3) is 6.08 Å². The zero-order valence-electron chi connectivity index (χ0n) is 30.7. The molecule has 1 unspecified atom stereocenters. The van der Waals surface area contributed by atoms with E-state index in [9.17, 15) is 4.79 Å². The first kappa shape index (κ1) is 39.5. The first-order chi connectivity index (χ1) is 22.8. The van der Waals surface area contributed by atoms with Crippen LogP contribution in [0, 0.1) is 12.8 Å². The zero-order chi connectivity index (χ0) is 34.8. The highest BCUT2D eigenvalue weighted by molar-refractivity contribution is 5.91. The highest BCUT2D eigenvalue weighted by Gasteiger charge is 2.21. The van der Waals surface area contributed by atoms with Crippen molar-refractivity contribution < 1.29 is 23.7 Å². The summed E-state index contributed by atoms with van der Waals surface area (Å²) < 4.78 is 21.8. The number of carbonyl (C=O) groups is 1. The van der Waals surface area contributed by atoms with E-state index in [-0.39, 0.29) is 11.8 Å². The molecule has 260 valence electrons. The van der Waals surface area contributed by atoms with Gasteiger partial charge >= 0.3 is 0 Å². The summed E-state index contributed by atoms with van der Waals surface area (Å²) in [7, 11) is 6.68. The van der Waals surface area contributed by atoms with E-state index in [1.54, 1.807) is 40.6 Å². The minimum Gasteiger partial charge on any atom is -0.496 e. The fraction of sp³-hybridized carbons (Fsp3) is 0.525. The van der Waals surface area contributed by atoms with Crippen molar-refractivity contribution >= 4 is 11.9 Å². The summed E-state index contributed by atoms with van der Waals surface area (Å²) in [6.07, 6.45) is 17.3. The molecule has 1 fully saturated rings. The fourth-order valence-electron chi connectivity index (χ4n) is 6.09. The topological polar surface area (TPSA) is 69.3 Å². The predicted molar refractivity (Wildman–Crippen MR) is 196 cm³/mol. The van der Waals surface area contributed by atoms with E-state index in [1.165, 1.54) is 51.3 Å². The maximum Gasteiger partial charge on any atom is 0.163 e. The summed E-state index contributed by atoms with van der Waals surface area (Å²) in [5.74, 6) is 4.18. The number of nitrogens with zero attached hydrogens (tertiary/aromatic N) is 1. The van der Waals surface area contributed by atoms with Gasteiger partial charge in [0.15, 0.2) is 17.3 Å². The van der Waals surface area contributed by atoms with Crippen LogP contribution < -0.4 is 24.3 Å². The van der Waals surface area contributed by atoms with E-state index in [2.05, 4.69) is 54.5 Å². The molecule has 0 aromatic heterocycles. The summed E-state index contributed by atoms with van der Waals surface area (Å²) in [5.41, 5.74) is 5.63. The standard InChI is InChI=1S/C23H34N2O2.C15H20O3.C2H6/c1-5-6-18-8-11-25(12-9-18)16-19-7-10-24-21(13-19)20-14-22(26-3)17(2)23(15-20)27-4;1-5-6-13-9-12(8-7-11(2)16)10-14(17-3)15(13)18-4;1-2/h7,10,13-15,18,21,24H,5-6,8-9,11-12,16H2,1-4H3;7-10H,5-6H2,1-4H3;1-2H3/b;8-7+;. The lowest BCUT2D eigenvalue weighted by molar-refractivity contribution is -0.112. The number of likely N-dealkylation sites (tertiary alicyclic amines) is 1. The molecule has 47 heavy (non-hydrogen) atoms. The number of rotatable bonds is 13. The first-order valence-corrected chi connectivity index (χ1v) is 17.3. The number of carbonyl (C=O) groups excluding carboxylic acids is 1. The molecule has 0 aliphatic carbocycles. The van der Waals surface area contributed by atoms with E-state index < -0.39 is 0 Å². The molecular weight excluding hydrogens is 588 g/mol. The van der Waals surface area contributed by atoms with Crippen molar-refractivity contribution in [3.63, 3.8) is 0 Å². The number of dihydropyridines is 1. The van der Waals surface area contributed by atoms with E-state index in [4.69, 9.17) is 18.9 Å². The molecule has 1 saturated heterocycles. The van der Waals surface area contributed by atoms with Crippen LogP contribution in [0.3, 0.4) is 0 Å². The number of ether oxygens (including phenoxy) is 4. The zero-order valence-corrected chi connectivity index (χ0v) is 30.7. The lowest BCUT2D eigenvalue weighted by atomic mass is 9.92. The lowest BCUT2D eigenvalue weighted by Gasteiger charge is -2.33. The van der Waals surface area contributed by atoms with Crippen molar-refractivity contribution in [2.24, 2.45) is 5.92 Å². The average Bonchev–Trinajstić information content (AvgIpc) is 3.09. The van der Waals surface area contributed by atoms with Crippen LogP contribution in [0.5, 0.6) is 23.0 Å². The fourth-order valence-corrected chi connectivity index (χ4v) is 6.09. The average molecular weight is 649 g/mol. The summed E-state index contributed by atoms with van der Waals surface area (Å²) in [4.78, 5) is 13.6. The third kappa shape index (κ3) is 12.1. The minimum atomic E-state index is 0.0295. The van der Waals surface area contributed by atoms with Crippen LogP contribution in [0.2, 0.25) is 0 Å². The number of ketones is 1. The van der Waals surface area contributed by atoms with Gasteiger partial charge in [-0.15, -0.1) is 0 Å². The van der Waals surface area contributed by atoms with Gasteiger partial charge in [-0.25, -0.2) is 0 Å². The van der Waals surface area contributed by atoms with E-state index in [0.29, 0.717) is 5.75 Å². The van der Waals surface area contributed by atoms with E-state index in [0.717, 1.165) is 64.8 Å². The molecule has 2 heterocycles. The molecule has 4 rings (SSSR count). The van der Waals surface area contributed by atoms with Crippen LogP contribution in [-0.2, 0) is 11.2 Å². The monoisotopic (exact) mass is 648 g/mol. The lowest BCUT2D eigenvalue weighted by Crippen LogP contribution is -2.35. The number of hydrogen-bond acceptors (Lipinski definition) is 7. The number of methoxy groups -OCH3 is 4. The normalized spacial score (nSPS) is 16.2. The van der Waals surface area contributed by atoms with Crippen molar-refractivity contribution in [3.05, 3.63) is 76.5 Å². The molecule has 1 atom stereocenters. The van der Waals surface area contributed by atoms with Crippen molar-refractivity contribution in [2.45, 2.75) is 86.1 Å². The molecule has 1 N–H and O–H groups in total. The molecule has 2 aliphatic rings. The summed E-state index contributed by atoms with van der Waals surface area (Å²) in [6, 6.07) is 8.27. The number of allylic oxidation sites excluding steroid dienone is 1. The highest BCUT2D eigenvalue weighted by atomic mass is 16.5. The van der Waals surface area contributed by atoms with Gasteiger partial charge in [0.05, 0.1) is 34.5 Å². The third-order valence-electron chi connectivity index (χ3n) is 8.51. The Hall–Kier alpha value is -3.71. The van der Waals surface area contributed by atoms with Gasteiger partial charge in [-0.3, -0.25) is 9.69 Å². The Labute approximate surface area is 285 Å². The van der Waals surface area contributed by atoms with Crippen LogP contribution in [0.1, 0.15) is 95.0 Å². The molecule has 0 amide bonds. The molecule has 0 bridgehead atoms. The Kier molecular flexibility index (Phi) is 17.8. The van der Waals surface area contributed by atoms with Gasteiger partial charge in [0.2, 0.25) is 0 Å². The SMILES string of the molecule is CC.CCCC1CCN(CC2=CC(c3cc(OC)c(C)c(OC)c3)NC=C2)CC1.CCCc1cc(/C=C/C(C)=O)cc(OC)c1OC. The Morgan fingerprint density at radius 2 is 1.55 bits per heavy atom.